The molecule has 2 atom stereocenters. The summed E-state index contributed by atoms with van der Waals surface area (Å²) in [5, 5.41) is 0. The first-order chi connectivity index (χ1) is 38.5. The fourth-order valence-electron chi connectivity index (χ4n) is 9.69. The highest BCUT2D eigenvalue weighted by Gasteiger charge is 2.22. The molecule has 0 spiro atoms. The maximum absolute atomic E-state index is 12.9. The van der Waals surface area contributed by atoms with E-state index in [2.05, 4.69) is 74.6 Å². The average molecular weight is 1130 g/mol. The monoisotopic (exact) mass is 1130 g/mol. The van der Waals surface area contributed by atoms with Crippen LogP contribution in [0.2, 0.25) is 0 Å². The highest BCUT2D eigenvalue weighted by atomic mass is 31.2. The molecular weight excluding hydrogens is 1000 g/mol. The largest absolute Gasteiger partial charge is 0.756 e. The Morgan fingerprint density at radius 3 is 1.08 bits per heavy atom. The molecule has 0 aliphatic heterocycles. The van der Waals surface area contributed by atoms with E-state index in [0.29, 0.717) is 17.4 Å². The number of phosphoric acid groups is 1. The van der Waals surface area contributed by atoms with E-state index in [-0.39, 0.29) is 32.0 Å². The van der Waals surface area contributed by atoms with E-state index in [1.54, 1.807) is 0 Å². The van der Waals surface area contributed by atoms with Gasteiger partial charge < -0.3 is 27.9 Å². The quantitative estimate of drug-likeness (QED) is 0.0195. The molecule has 0 heterocycles. The van der Waals surface area contributed by atoms with Crippen LogP contribution in [0.4, 0.5) is 0 Å². The molecule has 0 aromatic heterocycles. The summed E-state index contributed by atoms with van der Waals surface area (Å²) >= 11 is 0. The molecule has 462 valence electrons. The fourth-order valence-corrected chi connectivity index (χ4v) is 10.4. The number of carbonyl (C=O) groups excluding carboxylic acids is 2. The fraction of sp³-hybridized carbons (Fsp3) is 0.826. The molecule has 0 amide bonds. The Bertz CT molecular complexity index is 1520. The third kappa shape index (κ3) is 64.7. The van der Waals surface area contributed by atoms with Gasteiger partial charge in [-0.3, -0.25) is 14.2 Å². The van der Waals surface area contributed by atoms with Crippen molar-refractivity contribution in [1.29, 1.82) is 0 Å². The van der Waals surface area contributed by atoms with Gasteiger partial charge >= 0.3 is 11.9 Å². The molecule has 0 aromatic rings. The number of hydrogen-bond acceptors (Lipinski definition) is 8. The molecule has 0 aliphatic rings. The van der Waals surface area contributed by atoms with Crippen molar-refractivity contribution in [3.8, 4) is 0 Å². The van der Waals surface area contributed by atoms with Gasteiger partial charge in [-0.05, 0) is 57.8 Å². The van der Waals surface area contributed by atoms with Crippen molar-refractivity contribution >= 4 is 19.8 Å². The van der Waals surface area contributed by atoms with E-state index in [1.165, 1.54) is 212 Å². The summed E-state index contributed by atoms with van der Waals surface area (Å²) in [6.45, 7) is 4.18. The summed E-state index contributed by atoms with van der Waals surface area (Å²) in [4.78, 5) is 38.0. The zero-order chi connectivity index (χ0) is 57.7. The van der Waals surface area contributed by atoms with Crippen molar-refractivity contribution in [2.24, 2.45) is 0 Å². The van der Waals surface area contributed by atoms with E-state index in [1.807, 2.05) is 21.1 Å². The van der Waals surface area contributed by atoms with Gasteiger partial charge in [0.15, 0.2) is 6.10 Å². The number of phosphoric ester groups is 1. The van der Waals surface area contributed by atoms with Crippen LogP contribution in [-0.2, 0) is 32.7 Å². The zero-order valence-corrected chi connectivity index (χ0v) is 53.5. The van der Waals surface area contributed by atoms with Crippen LogP contribution in [0.5, 0.6) is 0 Å². The molecule has 0 aromatic carbocycles. The smallest absolute Gasteiger partial charge is 0.306 e. The topological polar surface area (TPSA) is 111 Å². The van der Waals surface area contributed by atoms with Gasteiger partial charge in [0, 0.05) is 12.8 Å². The van der Waals surface area contributed by atoms with Crippen molar-refractivity contribution < 1.29 is 42.1 Å². The van der Waals surface area contributed by atoms with Crippen LogP contribution in [0.25, 0.3) is 0 Å². The lowest BCUT2D eigenvalue weighted by molar-refractivity contribution is -0.870. The third-order valence-electron chi connectivity index (χ3n) is 14.8. The molecule has 2 unspecified atom stereocenters. The SMILES string of the molecule is CC/C=C\C/C=C\C/C=C\C/C=C\C/C=C\CCCCCCCCCCCCCCCCCC(=O)OC(COC(=O)CCCCCCCCCCCCCCCCCCCCCCCCCC)COP(=O)([O-])OCC[N+](C)(C)C. The van der Waals surface area contributed by atoms with Crippen LogP contribution < -0.4 is 4.89 Å². The summed E-state index contributed by atoms with van der Waals surface area (Å²) in [7, 11) is 1.18. The maximum atomic E-state index is 12.9. The van der Waals surface area contributed by atoms with E-state index in [4.69, 9.17) is 18.5 Å². The van der Waals surface area contributed by atoms with Crippen LogP contribution in [-0.4, -0.2) is 70.0 Å². The van der Waals surface area contributed by atoms with Crippen molar-refractivity contribution in [1.82, 2.24) is 0 Å². The van der Waals surface area contributed by atoms with Gasteiger partial charge in [-0.1, -0.05) is 306 Å². The van der Waals surface area contributed by atoms with E-state index in [9.17, 15) is 19.0 Å². The summed E-state index contributed by atoms with van der Waals surface area (Å²) in [6.07, 6.45) is 78.6. The second-order valence-corrected chi connectivity index (χ2v) is 25.2. The van der Waals surface area contributed by atoms with Crippen molar-refractivity contribution in [3.63, 3.8) is 0 Å². The molecule has 0 bridgehead atoms. The van der Waals surface area contributed by atoms with E-state index in [0.717, 1.165) is 70.6 Å². The van der Waals surface area contributed by atoms with Crippen molar-refractivity contribution in [2.75, 3.05) is 47.5 Å². The lowest BCUT2D eigenvalue weighted by atomic mass is 10.0. The number of carbonyl (C=O) groups is 2. The Morgan fingerprint density at radius 1 is 0.405 bits per heavy atom. The van der Waals surface area contributed by atoms with Crippen LogP contribution in [0.1, 0.15) is 316 Å². The summed E-state index contributed by atoms with van der Waals surface area (Å²) in [5.41, 5.74) is 0. The van der Waals surface area contributed by atoms with E-state index >= 15 is 0 Å². The molecule has 0 N–H and O–H groups in total. The molecule has 0 rings (SSSR count). The number of esters is 2. The minimum absolute atomic E-state index is 0.0298. The lowest BCUT2D eigenvalue weighted by Crippen LogP contribution is -2.37. The maximum Gasteiger partial charge on any atom is 0.306 e. The first-order valence-electron chi connectivity index (χ1n) is 33.5. The van der Waals surface area contributed by atoms with Gasteiger partial charge in [-0.2, -0.15) is 0 Å². The van der Waals surface area contributed by atoms with Gasteiger partial charge in [0.2, 0.25) is 0 Å². The summed E-state index contributed by atoms with van der Waals surface area (Å²) in [5.74, 6) is -0.818. The first-order valence-corrected chi connectivity index (χ1v) is 35.0. The highest BCUT2D eigenvalue weighted by Crippen LogP contribution is 2.38. The van der Waals surface area contributed by atoms with Crippen molar-refractivity contribution in [2.45, 2.75) is 322 Å². The number of ether oxygens (including phenoxy) is 2. The zero-order valence-electron chi connectivity index (χ0n) is 52.6. The first kappa shape index (κ1) is 76.7. The highest BCUT2D eigenvalue weighted by molar-refractivity contribution is 7.45. The predicted octanol–water partition coefficient (Wildman–Crippen LogP) is 20.8. The Labute approximate surface area is 489 Å². The molecule has 0 fully saturated rings. The molecular formula is C69H128NO8P. The number of nitrogens with zero attached hydrogens (tertiary/aromatic N) is 1. The number of allylic oxidation sites excluding steroid dienone is 10. The van der Waals surface area contributed by atoms with Gasteiger partial charge in [0.05, 0.1) is 27.7 Å². The molecule has 10 heteroatoms. The minimum Gasteiger partial charge on any atom is -0.756 e. The molecule has 79 heavy (non-hydrogen) atoms. The van der Waals surface area contributed by atoms with Gasteiger partial charge in [-0.25, -0.2) is 0 Å². The number of likely N-dealkylation sites (N-methyl/N-ethyl adjacent to an activating group) is 1. The van der Waals surface area contributed by atoms with Crippen LogP contribution in [0.15, 0.2) is 60.8 Å². The Kier molecular flexibility index (Phi) is 58.6. The van der Waals surface area contributed by atoms with Crippen LogP contribution in [0, 0.1) is 0 Å². The molecule has 0 radical (unpaired) electrons. The van der Waals surface area contributed by atoms with Crippen molar-refractivity contribution in [3.05, 3.63) is 60.8 Å². The normalized spacial score (nSPS) is 13.5. The number of rotatable bonds is 62. The molecule has 0 saturated carbocycles. The predicted molar refractivity (Wildman–Crippen MR) is 337 cm³/mol. The molecule has 9 nitrogen and oxygen atoms in total. The average Bonchev–Trinajstić information content (AvgIpc) is 3.41. The van der Waals surface area contributed by atoms with Crippen LogP contribution >= 0.6 is 7.82 Å². The Hall–Kier alpha value is -2.29. The summed E-state index contributed by atoms with van der Waals surface area (Å²) < 4.78 is 34.3. The number of quaternary nitrogens is 1. The number of unbranched alkanes of at least 4 members (excludes halogenated alkanes) is 38. The van der Waals surface area contributed by atoms with E-state index < -0.39 is 26.5 Å². The minimum atomic E-state index is -4.64. The van der Waals surface area contributed by atoms with Crippen LogP contribution in [0.3, 0.4) is 0 Å². The standard InChI is InChI=1S/C69H128NO8P/c1-6-8-10-12-14-16-18-20-22-24-26-28-30-32-33-34-35-36-37-38-40-42-44-46-48-50-52-54-56-58-60-62-69(72)78-67(66-77-79(73,74)76-64-63-70(3,4)5)65-75-68(71)61-59-57-55-53-51-49-47-45-43-41-39-31-29-27-25-23-21-19-17-15-13-11-9-7-2/h8,10,14,16,20,22,26,28,32-33,67H,6-7,9,11-13,15,17-19,21,23-25,27,29-31,34-66H2,1-5H3/b10-8-,16-14-,22-20-,28-26-,33-32-. The third-order valence-corrected chi connectivity index (χ3v) is 15.8. The number of hydrogen-bond donors (Lipinski definition) is 0. The Morgan fingerprint density at radius 2 is 0.722 bits per heavy atom. The second-order valence-electron chi connectivity index (χ2n) is 23.8. The lowest BCUT2D eigenvalue weighted by Gasteiger charge is -2.28. The van der Waals surface area contributed by atoms with Gasteiger partial charge in [-0.15, -0.1) is 0 Å². The summed E-state index contributed by atoms with van der Waals surface area (Å²) in [6, 6.07) is 0. The Balaban J connectivity index is 4.04. The van der Waals surface area contributed by atoms with Gasteiger partial charge in [0.25, 0.3) is 7.82 Å². The molecule has 0 aliphatic carbocycles. The molecule has 0 saturated heterocycles. The second kappa shape index (κ2) is 60.3. The van der Waals surface area contributed by atoms with Gasteiger partial charge in [0.1, 0.15) is 19.8 Å².